The Labute approximate surface area is 120 Å². The first-order valence-corrected chi connectivity index (χ1v) is 7.40. The highest BCUT2D eigenvalue weighted by Gasteiger charge is 2.29. The average molecular weight is 276 g/mol. The van der Waals surface area contributed by atoms with E-state index in [4.69, 9.17) is 0 Å². The first kappa shape index (κ1) is 14.8. The molecule has 1 atom stereocenters. The molecule has 0 aromatic carbocycles. The van der Waals surface area contributed by atoms with Crippen molar-refractivity contribution in [2.45, 2.75) is 38.8 Å². The van der Waals surface area contributed by atoms with Crippen LogP contribution in [0.4, 0.5) is 5.82 Å². The van der Waals surface area contributed by atoms with Crippen molar-refractivity contribution in [1.82, 2.24) is 15.6 Å². The molecule has 5 nitrogen and oxygen atoms in total. The molecule has 110 valence electrons. The van der Waals surface area contributed by atoms with Crippen LogP contribution in [0.3, 0.4) is 0 Å². The van der Waals surface area contributed by atoms with E-state index in [1.807, 2.05) is 6.07 Å². The van der Waals surface area contributed by atoms with E-state index in [0.717, 1.165) is 50.3 Å². The van der Waals surface area contributed by atoms with Gasteiger partial charge in [-0.25, -0.2) is 4.98 Å². The van der Waals surface area contributed by atoms with Crippen LogP contribution in [0.2, 0.25) is 0 Å². The maximum atomic E-state index is 12.1. The summed E-state index contributed by atoms with van der Waals surface area (Å²) in [4.78, 5) is 18.8. The number of nitrogens with zero attached hydrogens (tertiary/aromatic N) is 2. The molecular formula is C15H24N4O. The second-order valence-corrected chi connectivity index (χ2v) is 5.09. The van der Waals surface area contributed by atoms with Gasteiger partial charge in [-0.15, -0.1) is 0 Å². The smallest absolute Gasteiger partial charge is 0.242 e. The summed E-state index contributed by atoms with van der Waals surface area (Å²) in [6, 6.07) is 3.94. The fraction of sp³-hybridized carbons (Fsp3) is 0.600. The Bertz CT molecular complexity index is 449. The summed E-state index contributed by atoms with van der Waals surface area (Å²) in [6.07, 6.45) is 4.92. The van der Waals surface area contributed by atoms with Gasteiger partial charge >= 0.3 is 0 Å². The maximum absolute atomic E-state index is 12.1. The second-order valence-electron chi connectivity index (χ2n) is 5.09. The summed E-state index contributed by atoms with van der Waals surface area (Å²) in [6.45, 7) is 4.70. The highest BCUT2D eigenvalue weighted by atomic mass is 16.2. The first-order valence-electron chi connectivity index (χ1n) is 7.40. The highest BCUT2D eigenvalue weighted by molar-refractivity contribution is 5.85. The minimum atomic E-state index is -0.0935. The highest BCUT2D eigenvalue weighted by Crippen LogP contribution is 2.26. The van der Waals surface area contributed by atoms with Crippen molar-refractivity contribution >= 4 is 11.7 Å². The zero-order chi connectivity index (χ0) is 14.4. The molecule has 0 bridgehead atoms. The number of nitrogens with one attached hydrogen (secondary N) is 2. The van der Waals surface area contributed by atoms with Crippen molar-refractivity contribution in [1.29, 1.82) is 0 Å². The third-order valence-electron chi connectivity index (χ3n) is 3.76. The standard InChI is InChI=1S/C15H24N4O/c1-3-17-11-12-7-6-9-18-14(12)19-10-5-4-8-13(19)15(20)16-2/h6-7,9,13,17H,3-5,8,10-11H2,1-2H3,(H,16,20). The normalized spacial score (nSPS) is 18.9. The molecule has 1 aromatic heterocycles. The summed E-state index contributed by atoms with van der Waals surface area (Å²) >= 11 is 0. The Hall–Kier alpha value is -1.62. The number of amides is 1. The molecule has 2 N–H and O–H groups in total. The van der Waals surface area contributed by atoms with E-state index >= 15 is 0 Å². The summed E-state index contributed by atoms with van der Waals surface area (Å²) in [5.74, 6) is 1.03. The molecule has 2 heterocycles. The number of piperidine rings is 1. The second kappa shape index (κ2) is 7.24. The Morgan fingerprint density at radius 3 is 3.10 bits per heavy atom. The third kappa shape index (κ3) is 3.28. The molecule has 20 heavy (non-hydrogen) atoms. The number of hydrogen-bond donors (Lipinski definition) is 2. The molecule has 0 aliphatic carbocycles. The SMILES string of the molecule is CCNCc1cccnc1N1CCCCC1C(=O)NC. The van der Waals surface area contributed by atoms with Crippen LogP contribution < -0.4 is 15.5 Å². The average Bonchev–Trinajstić information content (AvgIpc) is 2.52. The predicted octanol–water partition coefficient (Wildman–Crippen LogP) is 1.30. The lowest BCUT2D eigenvalue weighted by Gasteiger charge is -2.36. The van der Waals surface area contributed by atoms with Crippen LogP contribution in [0.5, 0.6) is 0 Å². The molecule has 1 aliphatic rings. The van der Waals surface area contributed by atoms with E-state index in [-0.39, 0.29) is 11.9 Å². The van der Waals surface area contributed by atoms with Gasteiger partial charge in [-0.2, -0.15) is 0 Å². The maximum Gasteiger partial charge on any atom is 0.242 e. The molecule has 1 fully saturated rings. The molecule has 1 unspecified atom stereocenters. The molecule has 2 rings (SSSR count). The first-order chi connectivity index (χ1) is 9.77. The van der Waals surface area contributed by atoms with Crippen molar-refractivity contribution < 1.29 is 4.79 Å². The number of carbonyl (C=O) groups is 1. The van der Waals surface area contributed by atoms with Crippen LogP contribution in [0.1, 0.15) is 31.7 Å². The van der Waals surface area contributed by atoms with E-state index in [2.05, 4.69) is 33.5 Å². The number of pyridine rings is 1. The van der Waals surface area contributed by atoms with Crippen molar-refractivity contribution in [3.05, 3.63) is 23.9 Å². The number of aromatic nitrogens is 1. The number of rotatable bonds is 5. The molecule has 0 saturated carbocycles. The lowest BCUT2D eigenvalue weighted by atomic mass is 10.0. The predicted molar refractivity (Wildman–Crippen MR) is 80.7 cm³/mol. The topological polar surface area (TPSA) is 57.3 Å². The zero-order valence-corrected chi connectivity index (χ0v) is 12.4. The Morgan fingerprint density at radius 1 is 1.50 bits per heavy atom. The van der Waals surface area contributed by atoms with Crippen LogP contribution in [0.25, 0.3) is 0 Å². The quantitative estimate of drug-likeness (QED) is 0.851. The van der Waals surface area contributed by atoms with Gasteiger partial charge in [0, 0.05) is 31.9 Å². The summed E-state index contributed by atoms with van der Waals surface area (Å²) < 4.78 is 0. The van der Waals surface area contributed by atoms with Crippen LogP contribution >= 0.6 is 0 Å². The monoisotopic (exact) mass is 276 g/mol. The lowest BCUT2D eigenvalue weighted by Crippen LogP contribution is -2.49. The van der Waals surface area contributed by atoms with E-state index in [0.29, 0.717) is 0 Å². The van der Waals surface area contributed by atoms with Gasteiger partial charge in [-0.1, -0.05) is 13.0 Å². The fourth-order valence-electron chi connectivity index (χ4n) is 2.71. The minimum Gasteiger partial charge on any atom is -0.357 e. The summed E-state index contributed by atoms with van der Waals surface area (Å²) in [5.41, 5.74) is 1.16. The Balaban J connectivity index is 2.25. The Morgan fingerprint density at radius 2 is 2.35 bits per heavy atom. The van der Waals surface area contributed by atoms with Gasteiger partial charge in [0.25, 0.3) is 0 Å². The van der Waals surface area contributed by atoms with Gasteiger partial charge in [-0.05, 0) is 31.9 Å². The number of likely N-dealkylation sites (N-methyl/N-ethyl adjacent to an activating group) is 1. The van der Waals surface area contributed by atoms with Gasteiger partial charge in [0.2, 0.25) is 5.91 Å². The molecule has 0 spiro atoms. The summed E-state index contributed by atoms with van der Waals surface area (Å²) in [7, 11) is 1.70. The molecule has 0 radical (unpaired) electrons. The molecule has 1 amide bonds. The fourth-order valence-corrected chi connectivity index (χ4v) is 2.71. The van der Waals surface area contributed by atoms with Crippen LogP contribution in [0, 0.1) is 0 Å². The van der Waals surface area contributed by atoms with E-state index in [1.165, 1.54) is 0 Å². The van der Waals surface area contributed by atoms with Crippen LogP contribution in [-0.2, 0) is 11.3 Å². The Kier molecular flexibility index (Phi) is 5.35. The van der Waals surface area contributed by atoms with Crippen molar-refractivity contribution in [2.75, 3.05) is 25.0 Å². The largest absolute Gasteiger partial charge is 0.357 e. The van der Waals surface area contributed by atoms with Crippen molar-refractivity contribution in [3.63, 3.8) is 0 Å². The third-order valence-corrected chi connectivity index (χ3v) is 3.76. The van der Waals surface area contributed by atoms with E-state index < -0.39 is 0 Å². The molecule has 1 saturated heterocycles. The van der Waals surface area contributed by atoms with Crippen LogP contribution in [-0.4, -0.2) is 37.1 Å². The van der Waals surface area contributed by atoms with Gasteiger partial charge in [0.05, 0.1) is 0 Å². The number of anilines is 1. The van der Waals surface area contributed by atoms with Crippen molar-refractivity contribution in [2.24, 2.45) is 0 Å². The molecule has 1 aromatic rings. The van der Waals surface area contributed by atoms with Gasteiger partial charge in [0.1, 0.15) is 11.9 Å². The van der Waals surface area contributed by atoms with Gasteiger partial charge in [-0.3, -0.25) is 4.79 Å². The molecule has 1 aliphatic heterocycles. The van der Waals surface area contributed by atoms with Gasteiger partial charge in [0.15, 0.2) is 0 Å². The van der Waals surface area contributed by atoms with Gasteiger partial charge < -0.3 is 15.5 Å². The molecular weight excluding hydrogens is 252 g/mol. The van der Waals surface area contributed by atoms with Crippen LogP contribution in [0.15, 0.2) is 18.3 Å². The van der Waals surface area contributed by atoms with E-state index in [1.54, 1.807) is 13.2 Å². The number of carbonyl (C=O) groups excluding carboxylic acids is 1. The molecule has 5 heteroatoms. The lowest BCUT2D eigenvalue weighted by molar-refractivity contribution is -0.122. The minimum absolute atomic E-state index is 0.0877. The number of hydrogen-bond acceptors (Lipinski definition) is 4. The summed E-state index contributed by atoms with van der Waals surface area (Å²) in [5, 5.41) is 6.11. The zero-order valence-electron chi connectivity index (χ0n) is 12.4. The van der Waals surface area contributed by atoms with Crippen molar-refractivity contribution in [3.8, 4) is 0 Å². The van der Waals surface area contributed by atoms with E-state index in [9.17, 15) is 4.79 Å².